The summed E-state index contributed by atoms with van der Waals surface area (Å²) in [5.41, 5.74) is 2.11. The van der Waals surface area contributed by atoms with Crippen LogP contribution >= 0.6 is 0 Å². The van der Waals surface area contributed by atoms with Crippen molar-refractivity contribution >= 4 is 11.4 Å². The molecule has 4 heteroatoms. The lowest BCUT2D eigenvalue weighted by Crippen LogP contribution is -2.13. The minimum absolute atomic E-state index is 0.647. The molecule has 4 nitrogen and oxygen atoms in total. The molecule has 1 heterocycles. The molecule has 1 aliphatic rings. The largest absolute Gasteiger partial charge is 0.491 e. The van der Waals surface area contributed by atoms with Crippen LogP contribution in [0.2, 0.25) is 0 Å². The van der Waals surface area contributed by atoms with Gasteiger partial charge in [0.15, 0.2) is 0 Å². The van der Waals surface area contributed by atoms with Gasteiger partial charge in [0.05, 0.1) is 24.6 Å². The van der Waals surface area contributed by atoms with Crippen LogP contribution in [0.15, 0.2) is 48.5 Å². The topological polar surface area (TPSA) is 42.5 Å². The number of nitrogens with one attached hydrogen (secondary N) is 2. The number of fused-ring (bicyclic) bond motifs is 2. The van der Waals surface area contributed by atoms with Gasteiger partial charge in [-0.25, -0.2) is 0 Å². The van der Waals surface area contributed by atoms with Gasteiger partial charge in [-0.05, 0) is 30.7 Å². The lowest BCUT2D eigenvalue weighted by Gasteiger charge is -2.16. The molecule has 22 heavy (non-hydrogen) atoms. The first-order valence-corrected chi connectivity index (χ1v) is 7.85. The van der Waals surface area contributed by atoms with Crippen LogP contribution in [-0.2, 0) is 0 Å². The maximum absolute atomic E-state index is 5.86. The second kappa shape index (κ2) is 7.59. The van der Waals surface area contributed by atoms with Crippen LogP contribution in [0.5, 0.6) is 11.5 Å². The van der Waals surface area contributed by atoms with Gasteiger partial charge in [-0.1, -0.05) is 24.3 Å². The molecule has 0 amide bonds. The second-order valence-corrected chi connectivity index (χ2v) is 5.25. The Hall–Kier alpha value is -2.36. The van der Waals surface area contributed by atoms with Crippen molar-refractivity contribution in [1.29, 1.82) is 0 Å². The van der Waals surface area contributed by atoms with Crippen molar-refractivity contribution in [2.75, 3.05) is 36.9 Å². The number of hydrogen-bond acceptors (Lipinski definition) is 4. The molecule has 0 saturated carbocycles. The molecule has 0 aliphatic carbocycles. The molecular formula is C18H22N2O2. The summed E-state index contributed by atoms with van der Waals surface area (Å²) in [6, 6.07) is 16.2. The summed E-state index contributed by atoms with van der Waals surface area (Å²) in [5.74, 6) is 1.82. The van der Waals surface area contributed by atoms with E-state index in [1.807, 2.05) is 36.4 Å². The zero-order valence-corrected chi connectivity index (χ0v) is 12.7. The van der Waals surface area contributed by atoms with Crippen LogP contribution in [0.1, 0.15) is 12.8 Å². The molecule has 0 aromatic heterocycles. The minimum atomic E-state index is 0.647. The minimum Gasteiger partial charge on any atom is -0.491 e. The molecule has 0 bridgehead atoms. The Balaban J connectivity index is 1.67. The fourth-order valence-corrected chi connectivity index (χ4v) is 2.43. The first kappa shape index (κ1) is 14.6. The lowest BCUT2D eigenvalue weighted by molar-refractivity contribution is 0.248. The zero-order chi connectivity index (χ0) is 15.0. The molecule has 0 atom stereocenters. The Labute approximate surface area is 131 Å². The fraction of sp³-hybridized carbons (Fsp3) is 0.333. The van der Waals surface area contributed by atoms with E-state index in [1.54, 1.807) is 0 Å². The van der Waals surface area contributed by atoms with Gasteiger partial charge in [0, 0.05) is 19.5 Å². The van der Waals surface area contributed by atoms with E-state index >= 15 is 0 Å². The fourth-order valence-electron chi connectivity index (χ4n) is 2.43. The maximum atomic E-state index is 5.86. The summed E-state index contributed by atoms with van der Waals surface area (Å²) < 4.78 is 11.7. The molecule has 0 unspecified atom stereocenters. The smallest absolute Gasteiger partial charge is 0.142 e. The van der Waals surface area contributed by atoms with Gasteiger partial charge in [0.2, 0.25) is 0 Å². The van der Waals surface area contributed by atoms with E-state index in [0.717, 1.165) is 48.8 Å². The molecule has 0 fully saturated rings. The molecule has 1 aliphatic heterocycles. The molecule has 2 aromatic carbocycles. The second-order valence-electron chi connectivity index (χ2n) is 5.25. The summed E-state index contributed by atoms with van der Waals surface area (Å²) in [6.45, 7) is 3.09. The molecule has 0 saturated heterocycles. The number of ether oxygens (including phenoxy) is 2. The van der Waals surface area contributed by atoms with Crippen molar-refractivity contribution in [1.82, 2.24) is 0 Å². The van der Waals surface area contributed by atoms with E-state index in [4.69, 9.17) is 9.47 Å². The van der Waals surface area contributed by atoms with Crippen LogP contribution in [0, 0.1) is 0 Å². The number of anilines is 2. The summed E-state index contributed by atoms with van der Waals surface area (Å²) in [7, 11) is 0. The number of hydrogen-bond donors (Lipinski definition) is 2. The summed E-state index contributed by atoms with van der Waals surface area (Å²) in [5, 5.41) is 6.89. The van der Waals surface area contributed by atoms with Crippen LogP contribution in [0.25, 0.3) is 0 Å². The quantitative estimate of drug-likeness (QED) is 0.777. The third kappa shape index (κ3) is 3.85. The van der Waals surface area contributed by atoms with Gasteiger partial charge in [-0.2, -0.15) is 0 Å². The van der Waals surface area contributed by atoms with E-state index < -0.39 is 0 Å². The van der Waals surface area contributed by atoms with Crippen molar-refractivity contribution < 1.29 is 9.47 Å². The van der Waals surface area contributed by atoms with E-state index in [0.29, 0.717) is 13.2 Å². The van der Waals surface area contributed by atoms with E-state index in [2.05, 4.69) is 22.8 Å². The summed E-state index contributed by atoms with van der Waals surface area (Å²) in [4.78, 5) is 0. The first-order chi connectivity index (χ1) is 10.9. The van der Waals surface area contributed by atoms with Crippen LogP contribution in [0.4, 0.5) is 11.4 Å². The van der Waals surface area contributed by atoms with Gasteiger partial charge in [-0.15, -0.1) is 0 Å². The molecule has 0 radical (unpaired) electrons. The Bertz CT molecular complexity index is 498. The van der Waals surface area contributed by atoms with E-state index in [1.165, 1.54) is 0 Å². The Morgan fingerprint density at radius 1 is 0.636 bits per heavy atom. The van der Waals surface area contributed by atoms with E-state index in [9.17, 15) is 0 Å². The molecule has 2 aromatic rings. The van der Waals surface area contributed by atoms with Crippen LogP contribution < -0.4 is 20.1 Å². The van der Waals surface area contributed by atoms with E-state index in [-0.39, 0.29) is 0 Å². The van der Waals surface area contributed by atoms with Gasteiger partial charge in [0.25, 0.3) is 0 Å². The molecule has 0 spiro atoms. The highest BCUT2D eigenvalue weighted by molar-refractivity contribution is 5.57. The van der Waals surface area contributed by atoms with Crippen molar-refractivity contribution in [3.05, 3.63) is 48.5 Å². The van der Waals surface area contributed by atoms with Crippen molar-refractivity contribution in [2.45, 2.75) is 12.8 Å². The first-order valence-electron chi connectivity index (χ1n) is 7.85. The van der Waals surface area contributed by atoms with Crippen molar-refractivity contribution in [3.63, 3.8) is 0 Å². The number of benzene rings is 2. The Morgan fingerprint density at radius 2 is 1.14 bits per heavy atom. The monoisotopic (exact) mass is 298 g/mol. The number of para-hydroxylation sites is 4. The molecular weight excluding hydrogens is 276 g/mol. The highest BCUT2D eigenvalue weighted by Crippen LogP contribution is 2.26. The standard InChI is InChI=1S/C18H22N2O2/c1-3-9-17-15(7-1)19-11-5-12-20-16-8-2-4-10-18(16)22-14-6-13-21-17/h1-4,7-10,19-20H,5-6,11-14H2. The van der Waals surface area contributed by atoms with Gasteiger partial charge in [-0.3, -0.25) is 0 Å². The average Bonchev–Trinajstić information content (AvgIpc) is 2.56. The highest BCUT2D eigenvalue weighted by Gasteiger charge is 2.05. The summed E-state index contributed by atoms with van der Waals surface area (Å²) >= 11 is 0. The lowest BCUT2D eigenvalue weighted by atomic mass is 10.2. The molecule has 116 valence electrons. The average molecular weight is 298 g/mol. The predicted molar refractivity (Wildman–Crippen MR) is 90.1 cm³/mol. The van der Waals surface area contributed by atoms with Gasteiger partial charge in [0.1, 0.15) is 11.5 Å². The Kier molecular flexibility index (Phi) is 5.03. The SMILES string of the molecule is c1ccc2c(c1)NCCCNc1ccccc1OCCCO2. The third-order valence-electron chi connectivity index (χ3n) is 3.56. The third-order valence-corrected chi connectivity index (χ3v) is 3.56. The van der Waals surface area contributed by atoms with Gasteiger partial charge >= 0.3 is 0 Å². The zero-order valence-electron chi connectivity index (χ0n) is 12.7. The number of rotatable bonds is 0. The Morgan fingerprint density at radius 3 is 1.68 bits per heavy atom. The molecule has 2 N–H and O–H groups in total. The van der Waals surface area contributed by atoms with Crippen LogP contribution in [0.3, 0.4) is 0 Å². The van der Waals surface area contributed by atoms with Crippen molar-refractivity contribution in [3.8, 4) is 11.5 Å². The predicted octanol–water partition coefficient (Wildman–Crippen LogP) is 3.76. The highest BCUT2D eigenvalue weighted by atomic mass is 16.5. The normalized spacial score (nSPS) is 15.6. The molecule has 3 rings (SSSR count). The van der Waals surface area contributed by atoms with Gasteiger partial charge < -0.3 is 20.1 Å². The van der Waals surface area contributed by atoms with Crippen LogP contribution in [-0.4, -0.2) is 26.3 Å². The maximum Gasteiger partial charge on any atom is 0.142 e. The summed E-state index contributed by atoms with van der Waals surface area (Å²) in [6.07, 6.45) is 1.87. The van der Waals surface area contributed by atoms with Crippen molar-refractivity contribution in [2.24, 2.45) is 0 Å².